The second kappa shape index (κ2) is 8.66. The van der Waals surface area contributed by atoms with Crippen molar-refractivity contribution in [3.05, 3.63) is 38.7 Å². The third-order valence-corrected chi connectivity index (χ3v) is 4.09. The first-order chi connectivity index (χ1) is 11.1. The summed E-state index contributed by atoms with van der Waals surface area (Å²) in [6.07, 6.45) is 0. The number of amides is 1. The van der Waals surface area contributed by atoms with E-state index in [2.05, 4.69) is 4.98 Å². The van der Waals surface area contributed by atoms with E-state index in [1.165, 1.54) is 30.8 Å². The monoisotopic (exact) mass is 405 g/mol. The van der Waals surface area contributed by atoms with Crippen LogP contribution in [0.15, 0.2) is 21.7 Å². The lowest BCUT2D eigenvalue weighted by molar-refractivity contribution is 0.0735. The number of aromatic nitrogens is 3. The van der Waals surface area contributed by atoms with E-state index in [-0.39, 0.29) is 47.5 Å². The van der Waals surface area contributed by atoms with Crippen LogP contribution in [-0.2, 0) is 14.1 Å². The molecule has 0 bridgehead atoms. The van der Waals surface area contributed by atoms with E-state index in [0.717, 1.165) is 4.57 Å². The minimum Gasteiger partial charge on any atom is -0.340 e. The minimum absolute atomic E-state index is 0. The Balaban J connectivity index is 0.00000312. The van der Waals surface area contributed by atoms with Gasteiger partial charge in [-0.2, -0.15) is 0 Å². The molecular weight excluding hydrogens is 381 g/mol. The standard InChI is InChI=1S/C16H23N5O3.2ClH/c1-16(2,8-17)9-19(3)14(23)11-7-6-10-12(18-11)20(4)15(24)21(5)13(10)22;;/h6-7H,8-9,17H2,1-5H3;2*1H. The largest absolute Gasteiger partial charge is 0.340 e. The van der Waals surface area contributed by atoms with Gasteiger partial charge in [-0.25, -0.2) is 9.78 Å². The number of rotatable bonds is 4. The molecule has 0 unspecified atom stereocenters. The molecule has 0 fully saturated rings. The number of hydrogen-bond acceptors (Lipinski definition) is 5. The quantitative estimate of drug-likeness (QED) is 0.798. The van der Waals surface area contributed by atoms with Gasteiger partial charge in [0.05, 0.1) is 5.39 Å². The van der Waals surface area contributed by atoms with Crippen LogP contribution in [0.2, 0.25) is 0 Å². The van der Waals surface area contributed by atoms with Crippen molar-refractivity contribution in [2.45, 2.75) is 13.8 Å². The van der Waals surface area contributed by atoms with Crippen molar-refractivity contribution in [3.8, 4) is 0 Å². The molecule has 2 N–H and O–H groups in total. The highest BCUT2D eigenvalue weighted by Gasteiger charge is 2.23. The van der Waals surface area contributed by atoms with Gasteiger partial charge in [0.2, 0.25) is 0 Å². The van der Waals surface area contributed by atoms with E-state index in [0.29, 0.717) is 18.5 Å². The van der Waals surface area contributed by atoms with Gasteiger partial charge in [0, 0.05) is 27.7 Å². The maximum Gasteiger partial charge on any atom is 0.332 e. The van der Waals surface area contributed by atoms with Crippen molar-refractivity contribution in [1.82, 2.24) is 19.0 Å². The number of nitrogens with zero attached hydrogens (tertiary/aromatic N) is 4. The smallest absolute Gasteiger partial charge is 0.332 e. The van der Waals surface area contributed by atoms with Gasteiger partial charge in [-0.15, -0.1) is 24.8 Å². The average Bonchev–Trinajstić information content (AvgIpc) is 2.56. The maximum atomic E-state index is 12.6. The SMILES string of the molecule is CN(CC(C)(C)CN)C(=O)c1ccc2c(=O)n(C)c(=O)n(C)c2n1.Cl.Cl. The zero-order chi connectivity index (χ0) is 18.2. The van der Waals surface area contributed by atoms with Crippen LogP contribution < -0.4 is 17.0 Å². The zero-order valence-electron chi connectivity index (χ0n) is 15.5. The highest BCUT2D eigenvalue weighted by atomic mass is 35.5. The molecule has 0 spiro atoms. The van der Waals surface area contributed by atoms with Gasteiger partial charge >= 0.3 is 5.69 Å². The van der Waals surface area contributed by atoms with Crippen molar-refractivity contribution < 1.29 is 4.79 Å². The molecule has 0 atom stereocenters. The van der Waals surface area contributed by atoms with Crippen LogP contribution in [0, 0.1) is 5.41 Å². The fourth-order valence-corrected chi connectivity index (χ4v) is 2.55. The Morgan fingerprint density at radius 2 is 1.77 bits per heavy atom. The van der Waals surface area contributed by atoms with Gasteiger partial charge in [0.25, 0.3) is 11.5 Å². The van der Waals surface area contributed by atoms with E-state index in [1.54, 1.807) is 11.9 Å². The Hall–Kier alpha value is -1.90. The predicted octanol–water partition coefficient (Wildman–Crippen LogP) is 0.533. The van der Waals surface area contributed by atoms with Crippen molar-refractivity contribution in [2.24, 2.45) is 25.2 Å². The number of halogens is 2. The predicted molar refractivity (Wildman–Crippen MR) is 107 cm³/mol. The third kappa shape index (κ3) is 4.44. The second-order valence-electron chi connectivity index (χ2n) is 6.80. The second-order valence-corrected chi connectivity index (χ2v) is 6.80. The van der Waals surface area contributed by atoms with Crippen LogP contribution in [-0.4, -0.2) is 45.1 Å². The van der Waals surface area contributed by atoms with Crippen molar-refractivity contribution in [1.29, 1.82) is 0 Å². The van der Waals surface area contributed by atoms with Gasteiger partial charge in [-0.1, -0.05) is 13.8 Å². The van der Waals surface area contributed by atoms with Crippen LogP contribution in [0.3, 0.4) is 0 Å². The molecule has 0 aliphatic carbocycles. The topological polar surface area (TPSA) is 103 Å². The first-order valence-electron chi connectivity index (χ1n) is 7.61. The summed E-state index contributed by atoms with van der Waals surface area (Å²) in [6.45, 7) is 4.86. The van der Waals surface area contributed by atoms with E-state index in [9.17, 15) is 14.4 Å². The molecule has 2 rings (SSSR count). The van der Waals surface area contributed by atoms with Crippen LogP contribution in [0.5, 0.6) is 0 Å². The average molecular weight is 406 g/mol. The Bertz CT molecular complexity index is 920. The Labute approximate surface area is 163 Å². The highest BCUT2D eigenvalue weighted by molar-refractivity contribution is 5.94. The van der Waals surface area contributed by atoms with Crippen LogP contribution in [0.4, 0.5) is 0 Å². The molecule has 0 aliphatic heterocycles. The summed E-state index contributed by atoms with van der Waals surface area (Å²) in [6, 6.07) is 3.03. The van der Waals surface area contributed by atoms with Crippen molar-refractivity contribution in [3.63, 3.8) is 0 Å². The molecule has 1 amide bonds. The Kier molecular flexibility index (Phi) is 8.02. The molecule has 0 radical (unpaired) electrons. The number of carbonyl (C=O) groups is 1. The van der Waals surface area contributed by atoms with Gasteiger partial charge in [0.15, 0.2) is 0 Å². The molecule has 8 nitrogen and oxygen atoms in total. The highest BCUT2D eigenvalue weighted by Crippen LogP contribution is 2.16. The molecule has 2 heterocycles. The van der Waals surface area contributed by atoms with Crippen LogP contribution in [0.25, 0.3) is 11.0 Å². The van der Waals surface area contributed by atoms with E-state index >= 15 is 0 Å². The van der Waals surface area contributed by atoms with E-state index in [1.807, 2.05) is 13.8 Å². The molecule has 146 valence electrons. The number of nitrogens with two attached hydrogens (primary N) is 1. The number of fused-ring (bicyclic) bond motifs is 1. The Morgan fingerprint density at radius 1 is 1.19 bits per heavy atom. The fourth-order valence-electron chi connectivity index (χ4n) is 2.55. The van der Waals surface area contributed by atoms with Gasteiger partial charge in [-0.3, -0.25) is 18.7 Å². The summed E-state index contributed by atoms with van der Waals surface area (Å²) in [5, 5.41) is 0.293. The molecule has 0 aliphatic rings. The van der Waals surface area contributed by atoms with Gasteiger partial charge in [-0.05, 0) is 24.1 Å². The number of hydrogen-bond donors (Lipinski definition) is 1. The molecule has 26 heavy (non-hydrogen) atoms. The molecule has 0 aromatic carbocycles. The number of carbonyl (C=O) groups excluding carboxylic acids is 1. The summed E-state index contributed by atoms with van der Waals surface area (Å²) >= 11 is 0. The molecule has 2 aromatic rings. The molecule has 0 saturated heterocycles. The summed E-state index contributed by atoms with van der Waals surface area (Å²) in [7, 11) is 4.60. The lowest BCUT2D eigenvalue weighted by Crippen LogP contribution is -2.40. The zero-order valence-corrected chi connectivity index (χ0v) is 17.1. The lowest BCUT2D eigenvalue weighted by Gasteiger charge is -2.28. The molecule has 2 aromatic heterocycles. The van der Waals surface area contributed by atoms with E-state index < -0.39 is 11.2 Å². The van der Waals surface area contributed by atoms with Crippen LogP contribution in [0.1, 0.15) is 24.3 Å². The summed E-state index contributed by atoms with van der Waals surface area (Å²) < 4.78 is 2.28. The van der Waals surface area contributed by atoms with Crippen molar-refractivity contribution >= 4 is 41.8 Å². The van der Waals surface area contributed by atoms with Crippen LogP contribution >= 0.6 is 24.8 Å². The maximum absolute atomic E-state index is 12.6. The molecular formula is C16H25Cl2N5O3. The lowest BCUT2D eigenvalue weighted by atomic mass is 9.93. The Morgan fingerprint density at radius 3 is 2.31 bits per heavy atom. The normalized spacial score (nSPS) is 10.8. The number of aryl methyl sites for hydroxylation is 1. The van der Waals surface area contributed by atoms with E-state index in [4.69, 9.17) is 5.73 Å². The number of pyridine rings is 1. The summed E-state index contributed by atoms with van der Waals surface area (Å²) in [4.78, 5) is 42.5. The molecule has 0 saturated carbocycles. The first-order valence-corrected chi connectivity index (χ1v) is 7.61. The third-order valence-electron chi connectivity index (χ3n) is 4.09. The minimum atomic E-state index is -0.484. The first kappa shape index (κ1) is 24.1. The van der Waals surface area contributed by atoms with Gasteiger partial charge < -0.3 is 10.6 Å². The van der Waals surface area contributed by atoms with Gasteiger partial charge in [0.1, 0.15) is 11.3 Å². The summed E-state index contributed by atoms with van der Waals surface area (Å²) in [5.41, 5.74) is 4.95. The fraction of sp³-hybridized carbons (Fsp3) is 0.500. The van der Waals surface area contributed by atoms with Crippen molar-refractivity contribution in [2.75, 3.05) is 20.1 Å². The summed E-state index contributed by atoms with van der Waals surface area (Å²) in [5.74, 6) is -0.286. The molecule has 10 heteroatoms.